The molecule has 3 heterocycles. The van der Waals surface area contributed by atoms with Gasteiger partial charge in [0.15, 0.2) is 5.96 Å². The third kappa shape index (κ3) is 5.35. The molecule has 3 rings (SSSR count). The van der Waals surface area contributed by atoms with Crippen molar-refractivity contribution in [1.29, 1.82) is 0 Å². The van der Waals surface area contributed by atoms with Crippen molar-refractivity contribution in [1.82, 2.24) is 14.9 Å². The minimum atomic E-state index is -3.52. The van der Waals surface area contributed by atoms with Crippen molar-refractivity contribution in [2.75, 3.05) is 51.2 Å². The second-order valence-electron chi connectivity index (χ2n) is 5.86. The molecule has 1 saturated heterocycles. The molecular weight excluding hydrogens is 426 g/mol. The minimum Gasteiger partial charge on any atom is -0.360 e. The number of nitrogens with zero attached hydrogens (tertiary/aromatic N) is 3. The summed E-state index contributed by atoms with van der Waals surface area (Å²) in [4.78, 5) is 8.88. The third-order valence-corrected chi connectivity index (χ3v) is 8.24. The Bertz CT molecular complexity index is 859. The van der Waals surface area contributed by atoms with Crippen molar-refractivity contribution >= 4 is 55.3 Å². The number of sulfonamides is 1. The second kappa shape index (κ2) is 9.24. The first-order valence-electron chi connectivity index (χ1n) is 8.48. The lowest BCUT2D eigenvalue weighted by atomic mass is 10.3. The van der Waals surface area contributed by atoms with Crippen LogP contribution in [0.15, 0.2) is 38.8 Å². The quantitative estimate of drug-likeness (QED) is 0.403. The maximum absolute atomic E-state index is 12.2. The van der Waals surface area contributed by atoms with E-state index in [0.29, 0.717) is 10.9 Å². The van der Waals surface area contributed by atoms with Crippen molar-refractivity contribution in [2.24, 2.45) is 4.99 Å². The SMILES string of the molecule is CN=C(NCCNS(=O)(=O)c1ccc(Cl)s1)N1CCN(c2cccs2)CC1. The van der Waals surface area contributed by atoms with Crippen LogP contribution in [-0.2, 0) is 10.0 Å². The molecule has 0 radical (unpaired) electrons. The van der Waals surface area contributed by atoms with Gasteiger partial charge in [-0.25, -0.2) is 13.1 Å². The molecule has 0 bridgehead atoms. The van der Waals surface area contributed by atoms with E-state index in [9.17, 15) is 8.42 Å². The number of nitrogens with one attached hydrogen (secondary N) is 2. The lowest BCUT2D eigenvalue weighted by Gasteiger charge is -2.37. The van der Waals surface area contributed by atoms with Crippen molar-refractivity contribution in [2.45, 2.75) is 4.21 Å². The summed E-state index contributed by atoms with van der Waals surface area (Å²) in [6.07, 6.45) is 0. The maximum Gasteiger partial charge on any atom is 0.250 e. The summed E-state index contributed by atoms with van der Waals surface area (Å²) < 4.78 is 27.6. The lowest BCUT2D eigenvalue weighted by molar-refractivity contribution is 0.374. The molecule has 2 aromatic rings. The van der Waals surface area contributed by atoms with Crippen molar-refractivity contribution in [3.8, 4) is 0 Å². The van der Waals surface area contributed by atoms with Crippen LogP contribution >= 0.6 is 34.3 Å². The largest absolute Gasteiger partial charge is 0.360 e. The van der Waals surface area contributed by atoms with Gasteiger partial charge >= 0.3 is 0 Å². The summed E-state index contributed by atoms with van der Waals surface area (Å²) in [7, 11) is -1.77. The molecule has 1 fully saturated rings. The van der Waals surface area contributed by atoms with E-state index >= 15 is 0 Å². The van der Waals surface area contributed by atoms with Gasteiger partial charge in [0.2, 0.25) is 10.0 Å². The van der Waals surface area contributed by atoms with Crippen molar-refractivity contribution < 1.29 is 8.42 Å². The van der Waals surface area contributed by atoms with Crippen LogP contribution in [0.3, 0.4) is 0 Å². The molecule has 0 aromatic carbocycles. The van der Waals surface area contributed by atoms with Crippen molar-refractivity contribution in [3.05, 3.63) is 34.0 Å². The van der Waals surface area contributed by atoms with Gasteiger partial charge in [-0.15, -0.1) is 22.7 Å². The number of thiophene rings is 2. The van der Waals surface area contributed by atoms with Crippen LogP contribution < -0.4 is 14.9 Å². The van der Waals surface area contributed by atoms with Crippen LogP contribution in [0.2, 0.25) is 4.34 Å². The zero-order chi connectivity index (χ0) is 19.3. The van der Waals surface area contributed by atoms with Gasteiger partial charge in [0, 0.05) is 46.3 Å². The Morgan fingerprint density at radius 3 is 2.59 bits per heavy atom. The monoisotopic (exact) mass is 447 g/mol. The van der Waals surface area contributed by atoms with Gasteiger partial charge in [-0.3, -0.25) is 4.99 Å². The Morgan fingerprint density at radius 1 is 1.22 bits per heavy atom. The third-order valence-electron chi connectivity index (χ3n) is 4.12. The highest BCUT2D eigenvalue weighted by Crippen LogP contribution is 2.25. The van der Waals surface area contributed by atoms with E-state index in [1.807, 2.05) is 0 Å². The molecule has 27 heavy (non-hydrogen) atoms. The number of aliphatic imine (C=N–C) groups is 1. The summed E-state index contributed by atoms with van der Waals surface area (Å²) in [5, 5.41) is 6.61. The zero-order valence-corrected chi connectivity index (χ0v) is 18.1. The van der Waals surface area contributed by atoms with Crippen LogP contribution in [0.5, 0.6) is 0 Å². The topological polar surface area (TPSA) is 77.0 Å². The standard InChI is InChI=1S/C16H22ClN5O2S3/c1-18-16(22-10-8-21(9-11-22)14-3-2-12-25-14)19-6-7-20-27(23,24)15-5-4-13(17)26-15/h2-5,12,20H,6-11H2,1H3,(H,18,19). The number of hydrogen-bond acceptors (Lipinski definition) is 6. The Kier molecular flexibility index (Phi) is 6.99. The smallest absolute Gasteiger partial charge is 0.250 e. The first-order valence-corrected chi connectivity index (χ1v) is 12.0. The summed E-state index contributed by atoms with van der Waals surface area (Å²) in [6.45, 7) is 4.34. The van der Waals surface area contributed by atoms with Gasteiger partial charge in [-0.05, 0) is 29.6 Å². The molecule has 0 aliphatic carbocycles. The lowest BCUT2D eigenvalue weighted by Crippen LogP contribution is -2.53. The van der Waals surface area contributed by atoms with Gasteiger partial charge in [0.05, 0.1) is 9.34 Å². The highest BCUT2D eigenvalue weighted by molar-refractivity contribution is 7.91. The normalized spacial score (nSPS) is 16.0. The highest BCUT2D eigenvalue weighted by Gasteiger charge is 2.20. The first kappa shape index (κ1) is 20.4. The van der Waals surface area contributed by atoms with Crippen LogP contribution in [0.25, 0.3) is 0 Å². The molecule has 2 N–H and O–H groups in total. The fourth-order valence-corrected chi connectivity index (χ4v) is 6.14. The number of anilines is 1. The Labute approximate surface area is 172 Å². The van der Waals surface area contributed by atoms with Crippen molar-refractivity contribution in [3.63, 3.8) is 0 Å². The molecule has 0 amide bonds. The minimum absolute atomic E-state index is 0.224. The highest BCUT2D eigenvalue weighted by atomic mass is 35.5. The van der Waals surface area contributed by atoms with Crippen LogP contribution in [0.4, 0.5) is 5.00 Å². The first-order chi connectivity index (χ1) is 13.0. The van der Waals surface area contributed by atoms with Gasteiger partial charge < -0.3 is 15.1 Å². The van der Waals surface area contributed by atoms with Gasteiger partial charge in [-0.1, -0.05) is 11.6 Å². The summed E-state index contributed by atoms with van der Waals surface area (Å²) >= 11 is 8.60. The van der Waals surface area contributed by atoms with E-state index in [1.54, 1.807) is 24.5 Å². The van der Waals surface area contributed by atoms with Crippen LogP contribution in [-0.4, -0.2) is 65.6 Å². The molecule has 0 atom stereocenters. The van der Waals surface area contributed by atoms with Crippen LogP contribution in [0.1, 0.15) is 0 Å². The molecule has 2 aromatic heterocycles. The maximum atomic E-state index is 12.2. The average molecular weight is 448 g/mol. The molecule has 1 aliphatic heterocycles. The molecule has 0 spiro atoms. The van der Waals surface area contributed by atoms with E-state index in [0.717, 1.165) is 43.5 Å². The van der Waals surface area contributed by atoms with E-state index in [1.165, 1.54) is 11.1 Å². The van der Waals surface area contributed by atoms with Crippen LogP contribution in [0, 0.1) is 0 Å². The van der Waals surface area contributed by atoms with Gasteiger partial charge in [0.25, 0.3) is 0 Å². The number of halogens is 1. The van der Waals surface area contributed by atoms with E-state index in [-0.39, 0.29) is 10.8 Å². The van der Waals surface area contributed by atoms with E-state index < -0.39 is 10.0 Å². The summed E-state index contributed by atoms with van der Waals surface area (Å²) in [5.74, 6) is 0.791. The summed E-state index contributed by atoms with van der Waals surface area (Å²) in [6, 6.07) is 7.30. The number of hydrogen-bond donors (Lipinski definition) is 2. The number of rotatable bonds is 6. The molecular formula is C16H22ClN5O2S3. The van der Waals surface area contributed by atoms with Gasteiger partial charge in [-0.2, -0.15) is 0 Å². The summed E-state index contributed by atoms with van der Waals surface area (Å²) in [5.41, 5.74) is 0. The molecule has 148 valence electrons. The number of piperazine rings is 1. The molecule has 0 saturated carbocycles. The molecule has 1 aliphatic rings. The predicted molar refractivity (Wildman–Crippen MR) is 114 cm³/mol. The number of guanidine groups is 1. The predicted octanol–water partition coefficient (Wildman–Crippen LogP) is 2.14. The van der Waals surface area contributed by atoms with E-state index in [2.05, 4.69) is 42.3 Å². The zero-order valence-electron chi connectivity index (χ0n) is 14.9. The molecule has 0 unspecified atom stereocenters. The molecule has 11 heteroatoms. The Balaban J connectivity index is 1.43. The van der Waals surface area contributed by atoms with Gasteiger partial charge in [0.1, 0.15) is 4.21 Å². The Hall–Kier alpha value is -1.33. The fraction of sp³-hybridized carbons (Fsp3) is 0.438. The second-order valence-corrected chi connectivity index (χ2v) is 10.5. The van der Waals surface area contributed by atoms with E-state index in [4.69, 9.17) is 11.6 Å². The molecule has 7 nitrogen and oxygen atoms in total. The average Bonchev–Trinajstić information content (AvgIpc) is 3.34. The Morgan fingerprint density at radius 2 is 2.00 bits per heavy atom. The fourth-order valence-electron chi connectivity index (χ4n) is 2.79.